The van der Waals surface area contributed by atoms with E-state index in [9.17, 15) is 53.4 Å². The molecule has 0 saturated carbocycles. The van der Waals surface area contributed by atoms with Crippen molar-refractivity contribution in [3.63, 3.8) is 0 Å². The van der Waals surface area contributed by atoms with E-state index < -0.39 is 32.8 Å². The van der Waals surface area contributed by atoms with Crippen molar-refractivity contribution in [2.75, 3.05) is 132 Å². The summed E-state index contributed by atoms with van der Waals surface area (Å²) >= 11 is 0. The van der Waals surface area contributed by atoms with Crippen LogP contribution in [0.5, 0.6) is 0 Å². The normalized spacial score (nSPS) is 16.9. The van der Waals surface area contributed by atoms with Crippen molar-refractivity contribution in [3.8, 4) is 11.4 Å². The fourth-order valence-electron chi connectivity index (χ4n) is 16.5. The third-order valence-electron chi connectivity index (χ3n) is 23.3. The van der Waals surface area contributed by atoms with Crippen LogP contribution in [0.15, 0.2) is 109 Å². The first kappa shape index (κ1) is 107. The van der Waals surface area contributed by atoms with Gasteiger partial charge in [0.15, 0.2) is 24.0 Å². The summed E-state index contributed by atoms with van der Waals surface area (Å²) in [6.45, 7) is 41.5. The van der Waals surface area contributed by atoms with Gasteiger partial charge in [-0.1, -0.05) is 7.43 Å². The van der Waals surface area contributed by atoms with Crippen molar-refractivity contribution in [1.29, 1.82) is 0 Å². The minimum absolute atomic E-state index is 0. The number of aromatic nitrogens is 11. The van der Waals surface area contributed by atoms with E-state index in [0.29, 0.717) is 33.7 Å². The van der Waals surface area contributed by atoms with E-state index in [-0.39, 0.29) is 195 Å². The van der Waals surface area contributed by atoms with Gasteiger partial charge in [-0.3, -0.25) is 33.5 Å². The first-order valence-corrected chi connectivity index (χ1v) is 42.8. The molecule has 17 rings (SSSR count). The Bertz CT molecular complexity index is 5480. The number of rotatable bonds is 11. The van der Waals surface area contributed by atoms with Gasteiger partial charge in [-0.25, -0.2) is 37.8 Å². The Morgan fingerprint density at radius 2 is 0.969 bits per heavy atom. The van der Waals surface area contributed by atoms with E-state index in [1.54, 1.807) is 55.8 Å². The van der Waals surface area contributed by atoms with E-state index in [1.807, 2.05) is 143 Å². The molecule has 4 N–H and O–H groups in total. The monoisotopic (exact) mass is 1870 g/mol. The second kappa shape index (κ2) is 46.0. The molecule has 0 unspecified atom stereocenters. The van der Waals surface area contributed by atoms with Crippen LogP contribution in [-0.4, -0.2) is 243 Å². The number of amides is 3. The number of nitrogens with zero attached hydrogens (tertiary/aromatic N) is 19. The molecule has 0 aliphatic carbocycles. The number of ether oxygens (including phenoxy) is 4. The van der Waals surface area contributed by atoms with Gasteiger partial charge in [-0.2, -0.15) is 10.2 Å². The average molecular weight is 1870 g/mol. The maximum atomic E-state index is 13.0. The molecule has 17 heterocycles. The second-order valence-electron chi connectivity index (χ2n) is 36.8. The van der Waals surface area contributed by atoms with Crippen molar-refractivity contribution < 1.29 is 176 Å². The van der Waals surface area contributed by atoms with Gasteiger partial charge < -0.3 is 96.5 Å². The third kappa shape index (κ3) is 29.3. The molecular formula is C89H121FK2N22O17. The van der Waals surface area contributed by atoms with Crippen LogP contribution in [-0.2, 0) is 33.4 Å². The molecule has 9 aromatic heterocycles. The zero-order chi connectivity index (χ0) is 92.8. The van der Waals surface area contributed by atoms with Crippen LogP contribution in [0.1, 0.15) is 169 Å². The Balaban J connectivity index is 0.000000219. The van der Waals surface area contributed by atoms with Crippen LogP contribution in [0, 0.1) is 75.4 Å². The zero-order valence-electron chi connectivity index (χ0n) is 78.2. The van der Waals surface area contributed by atoms with Gasteiger partial charge in [0, 0.05) is 132 Å². The molecule has 39 nitrogen and oxygen atoms in total. The molecule has 4 spiro atoms. The number of fused-ring (bicyclic) bond motifs is 3. The number of piperidine rings is 4. The fourth-order valence-corrected chi connectivity index (χ4v) is 16.5. The third-order valence-corrected chi connectivity index (χ3v) is 23.3. The predicted molar refractivity (Wildman–Crippen MR) is 479 cm³/mol. The number of anilines is 4. The Morgan fingerprint density at radius 1 is 0.550 bits per heavy atom. The number of nitrogens with one attached hydrogen (secondary N) is 2. The van der Waals surface area contributed by atoms with E-state index in [0.717, 1.165) is 200 Å². The van der Waals surface area contributed by atoms with Gasteiger partial charge in [0.05, 0.1) is 81.8 Å². The predicted octanol–water partition coefficient (Wildman–Crippen LogP) is 4.95. The molecule has 8 fully saturated rings. The first-order valence-electron chi connectivity index (χ1n) is 42.8. The molecule has 8 aliphatic heterocycles. The smallest absolute Gasteiger partial charge is 1.00 e. The number of Topliss-reactive ketones (excluding diaryl/α,β-unsaturated/α-hetero) is 1. The Labute approximate surface area is 847 Å². The van der Waals surface area contributed by atoms with Gasteiger partial charge in [0.25, 0.3) is 12.0 Å². The van der Waals surface area contributed by atoms with Crippen molar-refractivity contribution in [1.82, 2.24) is 78.9 Å². The van der Waals surface area contributed by atoms with Gasteiger partial charge in [-0.15, -0.1) is 0 Å². The van der Waals surface area contributed by atoms with Gasteiger partial charge in [0.2, 0.25) is 0 Å². The summed E-state index contributed by atoms with van der Waals surface area (Å²) in [5, 5.41) is 44.6. The summed E-state index contributed by atoms with van der Waals surface area (Å²) < 4.78 is 38.1. The molecule has 8 saturated heterocycles. The van der Waals surface area contributed by atoms with Crippen molar-refractivity contribution >= 4 is 87.7 Å². The number of carbonyl (C=O) groups is 6. The molecule has 9 aromatic rings. The Hall–Kier alpha value is -9.45. The zero-order valence-corrected chi connectivity index (χ0v) is 83.4. The minimum atomic E-state index is -0.681. The van der Waals surface area contributed by atoms with Crippen molar-refractivity contribution in [2.24, 2.45) is 21.7 Å². The minimum Gasteiger partial charge on any atom is -1.00 e. The number of likely N-dealkylation sites (tertiary alicyclic amines) is 3. The Kier molecular flexibility index (Phi) is 37.5. The van der Waals surface area contributed by atoms with Crippen molar-refractivity contribution in [2.45, 2.75) is 179 Å². The number of esters is 1. The van der Waals surface area contributed by atoms with Crippen LogP contribution in [0.4, 0.5) is 53.3 Å². The summed E-state index contributed by atoms with van der Waals surface area (Å²) in [7, 11) is 0. The Morgan fingerprint density at radius 3 is 1.37 bits per heavy atom. The number of halogens is 1. The maximum absolute atomic E-state index is 13.0. The molecule has 0 bridgehead atoms. The number of carbonyl (C=O) groups excluding carboxylic acids is 6. The van der Waals surface area contributed by atoms with Gasteiger partial charge >= 0.3 is 139 Å². The molecule has 0 aromatic carbocycles. The topological polar surface area (TPSA) is 461 Å². The molecule has 42 heteroatoms. The SMILES string of the molecule is C.CC(C)(C)OC(=O)N1CC2(CCN(c3ccc(N)nc3)CC2)C1.CC(C)(C)OC(=O)N1CC2(CCN(c3ccc([N+](=O)[O-])nc3)CC2)C1.CC(C)(C)OC(=O)N1CC2(CCNCC2)C1.CCOC(=O)CC(=O)c1cc2c(C)nc(C)cn2n1.Cc1cn2nc(-c3cc(=O)n4cc(N5CCC6(CC5)CNC6)ccc4n3)cc2c(C)n1.O=CO[O-].O=[N+]([O-])c1ccc(F)cn1.[H-].[K+].[K+]. The summed E-state index contributed by atoms with van der Waals surface area (Å²) in [6.07, 6.45) is 17.8. The standard InChI is InChI=1S/C23H25N7O.C17H24N4O4.C17H26N4O2.C13H15N3O3.C12H22N2O2.C5H3FN2O2.CH2O3.CH4.2K.H/c1-15-11-30-20(16(2)25-15)9-19(27-30)18-10-22(31)29-12-17(3-4-21(29)26-18)28-7-5-23(6-8-28)13-24-14-23;1-16(2,3)25-15(22)20-11-17(12-20)6-8-19(9-7-17)13-4-5-14(18-10-13)21(23)24;1-16(2,3)23-15(22)21-11-17(12-21)6-8-20(9-7-17)13-4-5-14(18)19-10-13;1-4-19-13(18)6-12(17)10-5-11-9(3)14-8(2)7-16(11)15-10;1-11(2,3)16-10(15)14-8-12(9-14)4-6-13-7-5-12;6-4-1-2-5(7-3-4)8(9)10;2-1-4-3;;;;/h3-4,9-12,24H,5-8,13-14H2,1-2H3;4-5,10H,6-9,11-12H2,1-3H3;4-5,10H,6-9,11-12H2,1-3H3,(H2,18,19);5,7H,4,6H2,1-3H3;13H,4-9H2,1-3H3;1-3H;1,3H;1H4;;;/q;;;;;;;;2*+1;-1/p-1. The van der Waals surface area contributed by atoms with Crippen LogP contribution in [0.25, 0.3) is 28.1 Å². The molecule has 131 heavy (non-hydrogen) atoms. The van der Waals surface area contributed by atoms with Crippen LogP contribution < -0.4 is 145 Å². The molecule has 0 atom stereocenters. The summed E-state index contributed by atoms with van der Waals surface area (Å²) in [5.74, 6) is -1.39. The second-order valence-corrected chi connectivity index (χ2v) is 36.8. The molecular weight excluding hydrogens is 1750 g/mol. The van der Waals surface area contributed by atoms with Crippen LogP contribution in [0.2, 0.25) is 0 Å². The van der Waals surface area contributed by atoms with E-state index in [4.69, 9.17) is 39.7 Å². The molecule has 8 aliphatic rings. The summed E-state index contributed by atoms with van der Waals surface area (Å²) in [4.78, 5) is 140. The van der Waals surface area contributed by atoms with Gasteiger partial charge in [-0.05, 0) is 235 Å². The number of hydrogen-bond donors (Lipinski definition) is 3. The summed E-state index contributed by atoms with van der Waals surface area (Å²) in [6, 6.07) is 18.2. The molecule has 698 valence electrons. The summed E-state index contributed by atoms with van der Waals surface area (Å²) in [5.41, 5.74) is 16.0. The van der Waals surface area contributed by atoms with E-state index in [1.165, 1.54) is 31.7 Å². The average Bonchev–Trinajstić information content (AvgIpc) is 1.70. The molecule has 0 radical (unpaired) electrons. The molecule has 3 amide bonds. The van der Waals surface area contributed by atoms with Crippen molar-refractivity contribution in [3.05, 3.63) is 169 Å². The fraction of sp³-hybridized carbons (Fsp3) is 0.539. The number of nitro groups is 2. The van der Waals surface area contributed by atoms with Crippen LogP contribution in [0.3, 0.4) is 0 Å². The maximum Gasteiger partial charge on any atom is 1.00 e. The van der Waals surface area contributed by atoms with Crippen LogP contribution >= 0.6 is 0 Å². The van der Waals surface area contributed by atoms with E-state index in [2.05, 4.69) is 71.4 Å². The quantitative estimate of drug-likeness (QED) is 0.0177. The number of ketones is 1. The number of pyridine rings is 4. The largest absolute Gasteiger partial charge is 1.00 e. The number of aryl methyl sites for hydroxylation is 4. The first-order chi connectivity index (χ1) is 60.5. The van der Waals surface area contributed by atoms with Gasteiger partial charge in [0.1, 0.15) is 46.1 Å². The number of hydrogen-bond acceptors (Lipinski definition) is 31. The number of nitrogens with two attached hydrogens (primary N) is 1. The number of nitrogen functional groups attached to an aromatic ring is 1. The van der Waals surface area contributed by atoms with E-state index >= 15 is 0 Å².